The summed E-state index contributed by atoms with van der Waals surface area (Å²) in [5.41, 5.74) is 3.99. The minimum Gasteiger partial charge on any atom is -0.505 e. The molecule has 2 N–H and O–H groups in total. The highest BCUT2D eigenvalue weighted by molar-refractivity contribution is 6.40. The molecular formula is C47H43N7O6. The van der Waals surface area contributed by atoms with Crippen LogP contribution < -0.4 is 24.8 Å². The van der Waals surface area contributed by atoms with Crippen LogP contribution in [0, 0.1) is 0 Å². The van der Waals surface area contributed by atoms with Crippen LogP contribution in [0.4, 0.5) is 17.1 Å². The van der Waals surface area contributed by atoms with E-state index in [9.17, 15) is 24.3 Å². The molecule has 1 heterocycles. The number of aromatic hydroxyl groups is 1. The minimum absolute atomic E-state index is 0.0360. The van der Waals surface area contributed by atoms with E-state index in [2.05, 4.69) is 15.5 Å². The van der Waals surface area contributed by atoms with Crippen molar-refractivity contribution in [3.05, 3.63) is 168 Å². The zero-order chi connectivity index (χ0) is 42.3. The molecule has 0 saturated carbocycles. The lowest BCUT2D eigenvalue weighted by Gasteiger charge is -2.25. The Bertz CT molecular complexity index is 2670. The predicted molar refractivity (Wildman–Crippen MR) is 231 cm³/mol. The summed E-state index contributed by atoms with van der Waals surface area (Å²) in [5.74, 6) is -2.40. The standard InChI is InChI=1S/C47H43N7O6/c1-31(2)60-42-23-15-14-22-40(42)53(30-32-16-8-5-9-17-32)47(59)44(56)48-29-35-26-34(46(58)52(4)37-20-12-7-13-21-37)28-41(43(35)55)54-49-38-25-24-33(27-39(38)50-54)45(57)51(3)36-18-10-6-11-19-36/h5-28,31,55H,29-30H2,1-4H3,(H,48,56). The number of phenols is 1. The van der Waals surface area contributed by atoms with Crippen molar-refractivity contribution in [3.63, 3.8) is 0 Å². The fourth-order valence-electron chi connectivity index (χ4n) is 6.61. The summed E-state index contributed by atoms with van der Waals surface area (Å²) in [5, 5.41) is 23.6. The third-order valence-electron chi connectivity index (χ3n) is 9.74. The van der Waals surface area contributed by atoms with Crippen molar-refractivity contribution in [2.24, 2.45) is 0 Å². The summed E-state index contributed by atoms with van der Waals surface area (Å²) in [4.78, 5) is 60.9. The highest BCUT2D eigenvalue weighted by Gasteiger charge is 2.28. The molecule has 13 nitrogen and oxygen atoms in total. The maximum absolute atomic E-state index is 14.1. The molecular weight excluding hydrogens is 759 g/mol. The van der Waals surface area contributed by atoms with Crippen molar-refractivity contribution >= 4 is 51.7 Å². The van der Waals surface area contributed by atoms with Crippen LogP contribution in [0.1, 0.15) is 45.7 Å². The van der Waals surface area contributed by atoms with Crippen molar-refractivity contribution in [1.29, 1.82) is 0 Å². The van der Waals surface area contributed by atoms with Gasteiger partial charge in [-0.25, -0.2) is 0 Å². The summed E-state index contributed by atoms with van der Waals surface area (Å²) in [6.45, 7) is 3.48. The molecule has 4 amide bonds. The van der Waals surface area contributed by atoms with Gasteiger partial charge in [0, 0.05) is 48.7 Å². The lowest BCUT2D eigenvalue weighted by atomic mass is 10.1. The smallest absolute Gasteiger partial charge is 0.316 e. The quantitative estimate of drug-likeness (QED) is 0.122. The number of hydrogen-bond acceptors (Lipinski definition) is 8. The fraction of sp³-hybridized carbons (Fsp3) is 0.149. The summed E-state index contributed by atoms with van der Waals surface area (Å²) in [6, 6.07) is 42.3. The number of nitrogens with zero attached hydrogens (tertiary/aromatic N) is 6. The summed E-state index contributed by atoms with van der Waals surface area (Å²) < 4.78 is 6.02. The number of carbonyl (C=O) groups excluding carboxylic acids is 4. The Morgan fingerprint density at radius 3 is 1.88 bits per heavy atom. The monoisotopic (exact) mass is 801 g/mol. The van der Waals surface area contributed by atoms with Gasteiger partial charge in [0.1, 0.15) is 28.2 Å². The Balaban J connectivity index is 1.22. The number of aromatic nitrogens is 3. The van der Waals surface area contributed by atoms with Crippen LogP contribution in [0.2, 0.25) is 0 Å². The average molecular weight is 802 g/mol. The predicted octanol–water partition coefficient (Wildman–Crippen LogP) is 7.32. The molecule has 0 radical (unpaired) electrons. The van der Waals surface area contributed by atoms with Gasteiger partial charge < -0.3 is 25.0 Å². The Kier molecular flexibility index (Phi) is 12.0. The van der Waals surface area contributed by atoms with Crippen molar-refractivity contribution < 1.29 is 29.0 Å². The van der Waals surface area contributed by atoms with E-state index in [1.807, 2.05) is 92.7 Å². The Morgan fingerprint density at radius 1 is 0.683 bits per heavy atom. The number of carbonyl (C=O) groups is 4. The van der Waals surface area contributed by atoms with Gasteiger partial charge in [-0.3, -0.25) is 24.1 Å². The average Bonchev–Trinajstić information content (AvgIpc) is 3.71. The molecule has 0 aliphatic heterocycles. The van der Waals surface area contributed by atoms with Gasteiger partial charge in [0.15, 0.2) is 0 Å². The van der Waals surface area contributed by atoms with Crippen molar-refractivity contribution in [1.82, 2.24) is 20.3 Å². The zero-order valence-electron chi connectivity index (χ0n) is 33.5. The Hall–Kier alpha value is -7.80. The minimum atomic E-state index is -0.954. The first-order valence-corrected chi connectivity index (χ1v) is 19.3. The molecule has 0 saturated heterocycles. The number of benzene rings is 6. The van der Waals surface area contributed by atoms with Crippen LogP contribution in [0.25, 0.3) is 16.7 Å². The second-order valence-corrected chi connectivity index (χ2v) is 14.3. The number of anilines is 3. The molecule has 0 spiro atoms. The van der Waals surface area contributed by atoms with Crippen LogP contribution in [-0.4, -0.2) is 63.9 Å². The lowest BCUT2D eigenvalue weighted by Crippen LogP contribution is -2.43. The van der Waals surface area contributed by atoms with Crippen LogP contribution in [0.5, 0.6) is 11.5 Å². The van der Waals surface area contributed by atoms with Gasteiger partial charge in [0.2, 0.25) is 0 Å². The first-order chi connectivity index (χ1) is 29.0. The van der Waals surface area contributed by atoms with Crippen molar-refractivity contribution in [3.8, 4) is 17.2 Å². The molecule has 7 rings (SSSR count). The lowest BCUT2D eigenvalue weighted by molar-refractivity contribution is -0.137. The van der Waals surface area contributed by atoms with Crippen molar-refractivity contribution in [2.75, 3.05) is 28.8 Å². The normalized spacial score (nSPS) is 10.9. The topological polar surface area (TPSA) is 150 Å². The zero-order valence-corrected chi connectivity index (χ0v) is 33.5. The number of nitrogens with one attached hydrogen (secondary N) is 1. The van der Waals surface area contributed by atoms with Gasteiger partial charge in [-0.15, -0.1) is 15.0 Å². The third kappa shape index (κ3) is 8.85. The van der Waals surface area contributed by atoms with Gasteiger partial charge in [0.05, 0.1) is 18.3 Å². The second-order valence-electron chi connectivity index (χ2n) is 14.3. The molecule has 302 valence electrons. The summed E-state index contributed by atoms with van der Waals surface area (Å²) >= 11 is 0. The molecule has 60 heavy (non-hydrogen) atoms. The molecule has 6 aromatic carbocycles. The number of ether oxygens (including phenoxy) is 1. The molecule has 0 fully saturated rings. The number of fused-ring (bicyclic) bond motifs is 1. The van der Waals surface area contributed by atoms with Crippen molar-refractivity contribution in [2.45, 2.75) is 33.0 Å². The van der Waals surface area contributed by atoms with Crippen LogP contribution in [-0.2, 0) is 22.7 Å². The van der Waals surface area contributed by atoms with E-state index in [-0.39, 0.29) is 47.7 Å². The maximum atomic E-state index is 14.1. The van der Waals surface area contributed by atoms with Gasteiger partial charge in [0.25, 0.3) is 11.8 Å². The van der Waals surface area contributed by atoms with E-state index in [0.29, 0.717) is 39.4 Å². The summed E-state index contributed by atoms with van der Waals surface area (Å²) in [7, 11) is 3.30. The van der Waals surface area contributed by atoms with Gasteiger partial charge >= 0.3 is 11.8 Å². The molecule has 13 heteroatoms. The third-order valence-corrected chi connectivity index (χ3v) is 9.74. The molecule has 1 aromatic heterocycles. The van der Waals surface area contributed by atoms with E-state index in [1.165, 1.54) is 31.6 Å². The highest BCUT2D eigenvalue weighted by Crippen LogP contribution is 2.32. The van der Waals surface area contributed by atoms with E-state index in [1.54, 1.807) is 68.7 Å². The van der Waals surface area contributed by atoms with E-state index in [4.69, 9.17) is 4.74 Å². The number of rotatable bonds is 12. The maximum Gasteiger partial charge on any atom is 0.316 e. The Morgan fingerprint density at radius 2 is 1.25 bits per heavy atom. The highest BCUT2D eigenvalue weighted by atomic mass is 16.5. The molecule has 0 bridgehead atoms. The van der Waals surface area contributed by atoms with Crippen LogP contribution in [0.3, 0.4) is 0 Å². The number of amides is 4. The first kappa shape index (κ1) is 40.4. The van der Waals surface area contributed by atoms with Crippen LogP contribution >= 0.6 is 0 Å². The van der Waals surface area contributed by atoms with E-state index >= 15 is 0 Å². The molecule has 0 aliphatic rings. The molecule has 0 atom stereocenters. The fourth-order valence-corrected chi connectivity index (χ4v) is 6.61. The number of phenolic OH excluding ortho intramolecular Hbond substituents is 1. The van der Waals surface area contributed by atoms with E-state index in [0.717, 1.165) is 5.56 Å². The largest absolute Gasteiger partial charge is 0.505 e. The van der Waals surface area contributed by atoms with E-state index < -0.39 is 17.7 Å². The Labute approximate surface area is 347 Å². The first-order valence-electron chi connectivity index (χ1n) is 19.3. The molecule has 0 unspecified atom stereocenters. The number of para-hydroxylation sites is 4. The molecule has 0 aliphatic carbocycles. The van der Waals surface area contributed by atoms with Gasteiger partial charge in [-0.2, -0.15) is 0 Å². The molecule has 7 aromatic rings. The van der Waals surface area contributed by atoms with Crippen LogP contribution in [0.15, 0.2) is 146 Å². The number of hydrogen-bond donors (Lipinski definition) is 2. The SMILES string of the molecule is CC(C)Oc1ccccc1N(Cc1ccccc1)C(=O)C(=O)NCc1cc(C(=O)N(C)c2ccccc2)cc(-n2nc3ccc(C(=O)N(C)c4ccccc4)cc3n2)c1O. The van der Waals surface area contributed by atoms with Gasteiger partial charge in [-0.1, -0.05) is 78.9 Å². The second kappa shape index (κ2) is 17.8. The summed E-state index contributed by atoms with van der Waals surface area (Å²) in [6.07, 6.45) is -0.200. The van der Waals surface area contributed by atoms with Gasteiger partial charge in [-0.05, 0) is 86.1 Å².